The molecule has 0 aliphatic heterocycles. The molecule has 6 nitrogen and oxygen atoms in total. The Hall–Kier alpha value is -3.93. The Morgan fingerprint density at radius 1 is 0.972 bits per heavy atom. The summed E-state index contributed by atoms with van der Waals surface area (Å²) in [7, 11) is 0. The number of unbranched alkanes of at least 4 members (excludes halogenated alkanes) is 3. The van der Waals surface area contributed by atoms with Crippen LogP contribution < -0.4 is 5.32 Å². The van der Waals surface area contributed by atoms with Crippen LogP contribution in [-0.4, -0.2) is 21.9 Å². The summed E-state index contributed by atoms with van der Waals surface area (Å²) in [6, 6.07) is 25.1. The number of nitrogens with one attached hydrogen (secondary N) is 1. The van der Waals surface area contributed by atoms with Crippen LogP contribution in [0, 0.1) is 10.1 Å². The van der Waals surface area contributed by atoms with Gasteiger partial charge in [-0.25, -0.2) is 0 Å². The molecule has 3 aromatic carbocycles. The number of carbonyl (C=O) groups excluding carboxylic acids is 1. The van der Waals surface area contributed by atoms with E-state index in [1.165, 1.54) is 6.42 Å². The first-order valence-corrected chi connectivity index (χ1v) is 12.7. The molecule has 0 saturated carbocycles. The van der Waals surface area contributed by atoms with E-state index in [4.69, 9.17) is 0 Å². The Labute approximate surface area is 212 Å². The summed E-state index contributed by atoms with van der Waals surface area (Å²) in [6.07, 6.45) is 6.75. The molecule has 0 aliphatic carbocycles. The van der Waals surface area contributed by atoms with E-state index in [0.29, 0.717) is 13.1 Å². The number of rotatable bonds is 12. The molecule has 0 unspecified atom stereocenters. The van der Waals surface area contributed by atoms with Crippen molar-refractivity contribution in [3.8, 4) is 0 Å². The van der Waals surface area contributed by atoms with E-state index in [-0.39, 0.29) is 28.9 Å². The van der Waals surface area contributed by atoms with E-state index >= 15 is 0 Å². The fraction of sp³-hybridized carbons (Fsp3) is 0.300. The van der Waals surface area contributed by atoms with Gasteiger partial charge < -0.3 is 9.88 Å². The Morgan fingerprint density at radius 2 is 1.69 bits per heavy atom. The highest BCUT2D eigenvalue weighted by atomic mass is 16.6. The number of carbonyl (C=O) groups is 1. The van der Waals surface area contributed by atoms with Gasteiger partial charge in [0.1, 0.15) is 0 Å². The minimum absolute atomic E-state index is 0.00487. The predicted molar refractivity (Wildman–Crippen MR) is 144 cm³/mol. The maximum atomic E-state index is 13.0. The lowest BCUT2D eigenvalue weighted by Gasteiger charge is -2.17. The quantitative estimate of drug-likeness (QED) is 0.136. The Bertz CT molecular complexity index is 1300. The van der Waals surface area contributed by atoms with Crippen LogP contribution in [0.5, 0.6) is 0 Å². The molecule has 0 bridgehead atoms. The van der Waals surface area contributed by atoms with Gasteiger partial charge in [0.25, 0.3) is 5.69 Å². The second-order valence-electron chi connectivity index (χ2n) is 9.23. The third-order valence-corrected chi connectivity index (χ3v) is 6.62. The van der Waals surface area contributed by atoms with Crippen molar-refractivity contribution in [2.75, 3.05) is 6.54 Å². The largest absolute Gasteiger partial charge is 0.356 e. The van der Waals surface area contributed by atoms with Crippen LogP contribution >= 0.6 is 0 Å². The molecule has 0 aliphatic rings. The minimum Gasteiger partial charge on any atom is -0.356 e. The highest BCUT2D eigenvalue weighted by Gasteiger charge is 2.24. The summed E-state index contributed by atoms with van der Waals surface area (Å²) >= 11 is 0. The van der Waals surface area contributed by atoms with Crippen molar-refractivity contribution in [2.24, 2.45) is 0 Å². The zero-order chi connectivity index (χ0) is 25.3. The van der Waals surface area contributed by atoms with Gasteiger partial charge in [-0.05, 0) is 29.2 Å². The van der Waals surface area contributed by atoms with Crippen molar-refractivity contribution in [2.45, 2.75) is 51.5 Å². The molecule has 1 N–H and O–H groups in total. The molecule has 0 spiro atoms. The summed E-state index contributed by atoms with van der Waals surface area (Å²) in [6.45, 7) is 3.48. The van der Waals surface area contributed by atoms with Crippen molar-refractivity contribution in [1.82, 2.24) is 9.88 Å². The molecule has 1 heterocycles. The highest BCUT2D eigenvalue weighted by Crippen LogP contribution is 2.36. The number of benzene rings is 3. The van der Waals surface area contributed by atoms with Gasteiger partial charge in [-0.15, -0.1) is 0 Å². The molecule has 1 atom stereocenters. The van der Waals surface area contributed by atoms with Crippen LogP contribution in [-0.2, 0) is 11.3 Å². The average molecular weight is 484 g/mol. The van der Waals surface area contributed by atoms with Crippen LogP contribution in [0.1, 0.15) is 61.6 Å². The number of nitro groups is 1. The van der Waals surface area contributed by atoms with E-state index < -0.39 is 0 Å². The standard InChI is InChI=1S/C30H33N3O3/c1-2-3-4-11-18-31-30(34)20-26(24-14-9-6-10-15-24)28-22-32(21-23-12-7-5-8-13-23)29-17-16-25(33(35)36)19-27(28)29/h5-10,12-17,19,22,26H,2-4,11,18,20-21H2,1H3,(H,31,34)/t26-/m0/s1. The maximum absolute atomic E-state index is 13.0. The topological polar surface area (TPSA) is 77.2 Å². The molecule has 186 valence electrons. The van der Waals surface area contributed by atoms with Crippen molar-refractivity contribution in [3.63, 3.8) is 0 Å². The molecule has 36 heavy (non-hydrogen) atoms. The monoisotopic (exact) mass is 483 g/mol. The Balaban J connectivity index is 1.72. The van der Waals surface area contributed by atoms with E-state index in [0.717, 1.165) is 46.9 Å². The first kappa shape index (κ1) is 25.2. The van der Waals surface area contributed by atoms with E-state index in [1.54, 1.807) is 12.1 Å². The summed E-state index contributed by atoms with van der Waals surface area (Å²) in [5, 5.41) is 15.5. The SMILES string of the molecule is CCCCCCNC(=O)C[C@@H](c1ccccc1)c1cn(Cc2ccccc2)c2ccc([N+](=O)[O-])cc12. The smallest absolute Gasteiger partial charge is 0.270 e. The van der Waals surface area contributed by atoms with Crippen LogP contribution in [0.3, 0.4) is 0 Å². The molecule has 0 saturated heterocycles. The fourth-order valence-electron chi connectivity index (χ4n) is 4.74. The summed E-state index contributed by atoms with van der Waals surface area (Å²) in [5.74, 6) is -0.224. The molecule has 0 radical (unpaired) electrons. The third kappa shape index (κ3) is 6.19. The zero-order valence-corrected chi connectivity index (χ0v) is 20.7. The molecule has 1 aromatic heterocycles. The number of hydrogen-bond acceptors (Lipinski definition) is 3. The molecular formula is C30H33N3O3. The first-order valence-electron chi connectivity index (χ1n) is 12.7. The lowest BCUT2D eigenvalue weighted by atomic mass is 9.88. The Morgan fingerprint density at radius 3 is 2.39 bits per heavy atom. The van der Waals surface area contributed by atoms with Crippen molar-refractivity contribution in [1.29, 1.82) is 0 Å². The number of aromatic nitrogens is 1. The minimum atomic E-state index is -0.363. The van der Waals surface area contributed by atoms with Gasteiger partial charge in [-0.2, -0.15) is 0 Å². The van der Waals surface area contributed by atoms with Crippen LogP contribution in [0.15, 0.2) is 85.1 Å². The van der Waals surface area contributed by atoms with Crippen molar-refractivity contribution >= 4 is 22.5 Å². The lowest BCUT2D eigenvalue weighted by Crippen LogP contribution is -2.26. The number of nitro benzene ring substituents is 1. The van der Waals surface area contributed by atoms with Gasteiger partial charge in [-0.1, -0.05) is 86.8 Å². The highest BCUT2D eigenvalue weighted by molar-refractivity contribution is 5.88. The number of hydrogen-bond donors (Lipinski definition) is 1. The number of amides is 1. The molecule has 6 heteroatoms. The van der Waals surface area contributed by atoms with Gasteiger partial charge in [0.2, 0.25) is 5.91 Å². The van der Waals surface area contributed by atoms with E-state index in [9.17, 15) is 14.9 Å². The molecule has 0 fully saturated rings. The van der Waals surface area contributed by atoms with Crippen LogP contribution in [0.25, 0.3) is 10.9 Å². The lowest BCUT2D eigenvalue weighted by molar-refractivity contribution is -0.384. The number of non-ortho nitro benzene ring substituents is 1. The summed E-state index contributed by atoms with van der Waals surface area (Å²) in [5.41, 5.74) is 4.05. The van der Waals surface area contributed by atoms with Crippen LogP contribution in [0.2, 0.25) is 0 Å². The van der Waals surface area contributed by atoms with E-state index in [2.05, 4.69) is 35.1 Å². The normalized spacial score (nSPS) is 11.9. The van der Waals surface area contributed by atoms with Crippen molar-refractivity contribution < 1.29 is 9.72 Å². The summed E-state index contributed by atoms with van der Waals surface area (Å²) in [4.78, 5) is 24.3. The summed E-state index contributed by atoms with van der Waals surface area (Å²) < 4.78 is 2.13. The average Bonchev–Trinajstić information content (AvgIpc) is 3.25. The van der Waals surface area contributed by atoms with Crippen molar-refractivity contribution in [3.05, 3.63) is 112 Å². The predicted octanol–water partition coefficient (Wildman–Crippen LogP) is 6.82. The van der Waals surface area contributed by atoms with Crippen LogP contribution in [0.4, 0.5) is 5.69 Å². The van der Waals surface area contributed by atoms with Gasteiger partial charge in [0, 0.05) is 54.7 Å². The number of fused-ring (bicyclic) bond motifs is 1. The third-order valence-electron chi connectivity index (χ3n) is 6.62. The fourth-order valence-corrected chi connectivity index (χ4v) is 4.74. The van der Waals surface area contributed by atoms with Gasteiger partial charge in [-0.3, -0.25) is 14.9 Å². The molecule has 4 rings (SSSR count). The first-order chi connectivity index (χ1) is 17.6. The van der Waals surface area contributed by atoms with Gasteiger partial charge >= 0.3 is 0 Å². The number of nitrogens with zero attached hydrogens (tertiary/aromatic N) is 2. The van der Waals surface area contributed by atoms with Gasteiger partial charge in [0.15, 0.2) is 0 Å². The maximum Gasteiger partial charge on any atom is 0.270 e. The molecule has 4 aromatic rings. The molecule has 1 amide bonds. The second-order valence-corrected chi connectivity index (χ2v) is 9.23. The Kier molecular flexibility index (Phi) is 8.50. The molecular weight excluding hydrogens is 450 g/mol. The second kappa shape index (κ2) is 12.2. The van der Waals surface area contributed by atoms with Gasteiger partial charge in [0.05, 0.1) is 4.92 Å². The zero-order valence-electron chi connectivity index (χ0n) is 20.7. The van der Waals surface area contributed by atoms with E-state index in [1.807, 2.05) is 54.6 Å².